The standard InChI is InChI=1S/C18H20Cl2O2/c19-16-2-1-11(5-17(16)21)9-22-10-15-13-3-12-4-14(15)8-18(20,6-12)7-13/h1-2,5,10,12-14,21H,3-4,6-9H2. The first-order chi connectivity index (χ1) is 10.5. The van der Waals surface area contributed by atoms with Crippen LogP contribution in [-0.4, -0.2) is 9.98 Å². The van der Waals surface area contributed by atoms with E-state index < -0.39 is 0 Å². The fourth-order valence-electron chi connectivity index (χ4n) is 4.80. The van der Waals surface area contributed by atoms with E-state index in [0.717, 1.165) is 24.3 Å². The molecule has 0 aromatic heterocycles. The zero-order chi connectivity index (χ0) is 15.3. The van der Waals surface area contributed by atoms with Crippen molar-refractivity contribution in [1.82, 2.24) is 0 Å². The first-order valence-corrected chi connectivity index (χ1v) is 8.76. The summed E-state index contributed by atoms with van der Waals surface area (Å²) in [6.45, 7) is 0.461. The minimum Gasteiger partial charge on any atom is -0.506 e. The van der Waals surface area contributed by atoms with Crippen molar-refractivity contribution in [2.45, 2.75) is 43.6 Å². The third-order valence-corrected chi connectivity index (χ3v) is 6.32. The molecule has 4 saturated carbocycles. The number of ether oxygens (including phenoxy) is 1. The summed E-state index contributed by atoms with van der Waals surface area (Å²) < 4.78 is 5.81. The lowest BCUT2D eigenvalue weighted by Gasteiger charge is -2.55. The predicted molar refractivity (Wildman–Crippen MR) is 88.1 cm³/mol. The number of allylic oxidation sites excluding steroid dienone is 1. The lowest BCUT2D eigenvalue weighted by atomic mass is 9.54. The number of aromatic hydroxyl groups is 1. The molecule has 0 radical (unpaired) electrons. The highest BCUT2D eigenvalue weighted by atomic mass is 35.5. The van der Waals surface area contributed by atoms with Crippen LogP contribution in [0.25, 0.3) is 0 Å². The number of hydrogen-bond donors (Lipinski definition) is 1. The highest BCUT2D eigenvalue weighted by Gasteiger charge is 2.52. The minimum absolute atomic E-state index is 0.0653. The molecule has 118 valence electrons. The van der Waals surface area contributed by atoms with Gasteiger partial charge in [-0.25, -0.2) is 0 Å². The lowest BCUT2D eigenvalue weighted by Crippen LogP contribution is -2.48. The van der Waals surface area contributed by atoms with E-state index in [1.807, 2.05) is 12.3 Å². The van der Waals surface area contributed by atoms with Crippen LogP contribution in [0.2, 0.25) is 5.02 Å². The maximum atomic E-state index is 9.62. The van der Waals surface area contributed by atoms with E-state index in [1.165, 1.54) is 24.8 Å². The van der Waals surface area contributed by atoms with Gasteiger partial charge < -0.3 is 9.84 Å². The van der Waals surface area contributed by atoms with E-state index in [0.29, 0.717) is 23.5 Å². The van der Waals surface area contributed by atoms with Crippen molar-refractivity contribution >= 4 is 23.2 Å². The summed E-state index contributed by atoms with van der Waals surface area (Å²) in [5.41, 5.74) is 2.39. The Morgan fingerprint density at radius 2 is 1.95 bits per heavy atom. The smallest absolute Gasteiger partial charge is 0.134 e. The van der Waals surface area contributed by atoms with E-state index in [1.54, 1.807) is 12.1 Å². The van der Waals surface area contributed by atoms with Gasteiger partial charge in [0.2, 0.25) is 0 Å². The molecule has 2 atom stereocenters. The molecule has 1 aromatic rings. The van der Waals surface area contributed by atoms with Crippen LogP contribution in [-0.2, 0) is 11.3 Å². The first kappa shape index (κ1) is 14.7. The average Bonchev–Trinajstić information content (AvgIpc) is 2.44. The van der Waals surface area contributed by atoms with Gasteiger partial charge in [-0.15, -0.1) is 11.6 Å². The number of alkyl halides is 1. The Labute approximate surface area is 141 Å². The summed E-state index contributed by atoms with van der Waals surface area (Å²) in [6, 6.07) is 5.24. The van der Waals surface area contributed by atoms with Gasteiger partial charge in [-0.2, -0.15) is 0 Å². The van der Waals surface area contributed by atoms with Gasteiger partial charge in [0.15, 0.2) is 0 Å². The SMILES string of the molecule is Oc1cc(COC=C2C3CC4CC2CC(Cl)(C4)C3)ccc1Cl. The zero-order valence-corrected chi connectivity index (χ0v) is 13.9. The van der Waals surface area contributed by atoms with E-state index in [-0.39, 0.29) is 10.6 Å². The van der Waals surface area contributed by atoms with E-state index in [2.05, 4.69) is 0 Å². The Bertz CT molecular complexity index is 608. The van der Waals surface area contributed by atoms with Gasteiger partial charge in [0.05, 0.1) is 11.3 Å². The van der Waals surface area contributed by atoms with Gasteiger partial charge in [-0.3, -0.25) is 0 Å². The number of halogens is 2. The molecule has 2 nitrogen and oxygen atoms in total. The number of hydrogen-bond acceptors (Lipinski definition) is 2. The number of benzene rings is 1. The van der Waals surface area contributed by atoms with Crippen molar-refractivity contribution < 1.29 is 9.84 Å². The molecule has 4 bridgehead atoms. The van der Waals surface area contributed by atoms with Crippen LogP contribution < -0.4 is 0 Å². The topological polar surface area (TPSA) is 29.5 Å². The Morgan fingerprint density at radius 1 is 1.23 bits per heavy atom. The van der Waals surface area contributed by atoms with Crippen molar-refractivity contribution in [3.63, 3.8) is 0 Å². The molecule has 5 rings (SSSR count). The number of rotatable bonds is 3. The molecule has 4 heteroatoms. The van der Waals surface area contributed by atoms with E-state index in [4.69, 9.17) is 27.9 Å². The summed E-state index contributed by atoms with van der Waals surface area (Å²) in [5.74, 6) is 2.15. The fourth-order valence-corrected chi connectivity index (χ4v) is 5.51. The van der Waals surface area contributed by atoms with Crippen LogP contribution >= 0.6 is 23.2 Å². The number of phenolic OH excluding ortho intramolecular Hbond substituents is 1. The van der Waals surface area contributed by atoms with Crippen LogP contribution in [0.3, 0.4) is 0 Å². The van der Waals surface area contributed by atoms with Crippen LogP contribution in [0.1, 0.15) is 37.7 Å². The van der Waals surface area contributed by atoms with Crippen LogP contribution in [0, 0.1) is 17.8 Å². The summed E-state index contributed by atoms with van der Waals surface area (Å²) in [4.78, 5) is 0.0653. The fraction of sp³-hybridized carbons (Fsp3) is 0.556. The highest BCUT2D eigenvalue weighted by molar-refractivity contribution is 6.32. The van der Waals surface area contributed by atoms with Crippen molar-refractivity contribution in [2.24, 2.45) is 17.8 Å². The van der Waals surface area contributed by atoms with Gasteiger partial charge in [0.25, 0.3) is 0 Å². The molecule has 0 aliphatic heterocycles. The second-order valence-electron chi connectivity index (χ2n) is 7.21. The van der Waals surface area contributed by atoms with Crippen LogP contribution in [0.15, 0.2) is 30.0 Å². The molecule has 0 amide bonds. The molecule has 0 heterocycles. The molecule has 4 aliphatic carbocycles. The van der Waals surface area contributed by atoms with Crippen LogP contribution in [0.5, 0.6) is 5.75 Å². The summed E-state index contributed by atoms with van der Waals surface area (Å²) >= 11 is 12.6. The Kier molecular flexibility index (Phi) is 3.58. The molecule has 2 unspecified atom stereocenters. The van der Waals surface area contributed by atoms with Gasteiger partial charge in [-0.1, -0.05) is 17.7 Å². The first-order valence-electron chi connectivity index (χ1n) is 8.00. The molecule has 4 fully saturated rings. The molecule has 0 saturated heterocycles. The monoisotopic (exact) mass is 338 g/mol. The summed E-state index contributed by atoms with van der Waals surface area (Å²) in [6.07, 6.45) is 7.96. The van der Waals surface area contributed by atoms with Gasteiger partial charge in [-0.05, 0) is 73.1 Å². The Morgan fingerprint density at radius 3 is 2.59 bits per heavy atom. The lowest BCUT2D eigenvalue weighted by molar-refractivity contribution is 0.0792. The quantitative estimate of drug-likeness (QED) is 0.601. The van der Waals surface area contributed by atoms with E-state index in [9.17, 15) is 5.11 Å². The molecule has 1 aromatic carbocycles. The Balaban J connectivity index is 1.44. The second-order valence-corrected chi connectivity index (χ2v) is 8.42. The maximum Gasteiger partial charge on any atom is 0.134 e. The molecular weight excluding hydrogens is 319 g/mol. The summed E-state index contributed by atoms with van der Waals surface area (Å²) in [7, 11) is 0. The van der Waals surface area contributed by atoms with Crippen molar-refractivity contribution in [1.29, 1.82) is 0 Å². The average molecular weight is 339 g/mol. The third-order valence-electron chi connectivity index (χ3n) is 5.54. The highest BCUT2D eigenvalue weighted by Crippen LogP contribution is 2.60. The van der Waals surface area contributed by atoms with Crippen molar-refractivity contribution in [2.75, 3.05) is 0 Å². The van der Waals surface area contributed by atoms with Crippen molar-refractivity contribution in [3.8, 4) is 5.75 Å². The Hall–Kier alpha value is -0.860. The van der Waals surface area contributed by atoms with Gasteiger partial charge in [0, 0.05) is 4.87 Å². The molecule has 1 N–H and O–H groups in total. The molecule has 0 spiro atoms. The van der Waals surface area contributed by atoms with E-state index >= 15 is 0 Å². The normalized spacial score (nSPS) is 35.7. The van der Waals surface area contributed by atoms with Gasteiger partial charge in [0.1, 0.15) is 12.4 Å². The third kappa shape index (κ3) is 2.61. The number of phenols is 1. The molecule has 4 aliphatic rings. The van der Waals surface area contributed by atoms with Crippen LogP contribution in [0.4, 0.5) is 0 Å². The molecule has 22 heavy (non-hydrogen) atoms. The largest absolute Gasteiger partial charge is 0.506 e. The second kappa shape index (κ2) is 5.35. The van der Waals surface area contributed by atoms with Crippen molar-refractivity contribution in [3.05, 3.63) is 40.6 Å². The minimum atomic E-state index is 0.0653. The zero-order valence-electron chi connectivity index (χ0n) is 12.4. The predicted octanol–water partition coefficient (Wildman–Crippen LogP) is 5.26. The van der Waals surface area contributed by atoms with Gasteiger partial charge >= 0.3 is 0 Å². The maximum absolute atomic E-state index is 9.62. The molecular formula is C18H20Cl2O2. The summed E-state index contributed by atoms with van der Waals surface area (Å²) in [5, 5.41) is 10.00.